The molecule has 1 amide bonds. The Hall–Kier alpha value is -1.30. The third-order valence-corrected chi connectivity index (χ3v) is 2.27. The Morgan fingerprint density at radius 1 is 1.57 bits per heavy atom. The predicted molar refractivity (Wildman–Crippen MR) is 45.8 cm³/mol. The molecule has 1 saturated heterocycles. The van der Waals surface area contributed by atoms with Crippen molar-refractivity contribution in [1.29, 1.82) is 0 Å². The molecule has 1 rings (SSSR count). The van der Waals surface area contributed by atoms with E-state index in [4.69, 9.17) is 5.11 Å². The maximum absolute atomic E-state index is 10.9. The summed E-state index contributed by atoms with van der Waals surface area (Å²) in [7, 11) is 1.25. The number of hydrogen-bond acceptors (Lipinski definition) is 4. The molecule has 0 unspecified atom stereocenters. The van der Waals surface area contributed by atoms with Crippen LogP contribution in [0, 0.1) is 0 Å². The van der Waals surface area contributed by atoms with Crippen LogP contribution < -0.4 is 0 Å². The topological polar surface area (TPSA) is 87.1 Å². The summed E-state index contributed by atoms with van der Waals surface area (Å²) in [6, 6.07) is -0.463. The highest BCUT2D eigenvalue weighted by Gasteiger charge is 2.35. The molecule has 2 atom stereocenters. The second-order valence-corrected chi connectivity index (χ2v) is 3.26. The van der Waals surface area contributed by atoms with Crippen molar-refractivity contribution in [1.82, 2.24) is 4.90 Å². The summed E-state index contributed by atoms with van der Waals surface area (Å²) in [4.78, 5) is 22.7. The monoisotopic (exact) mass is 203 g/mol. The summed E-state index contributed by atoms with van der Waals surface area (Å²) in [6.07, 6.45) is -1.50. The van der Waals surface area contributed by atoms with Gasteiger partial charge in [0.25, 0.3) is 0 Å². The molecule has 1 heterocycles. The number of hydrogen-bond donors (Lipinski definition) is 2. The van der Waals surface area contributed by atoms with Gasteiger partial charge in [-0.1, -0.05) is 0 Å². The van der Waals surface area contributed by atoms with Gasteiger partial charge in [-0.05, 0) is 6.42 Å². The van der Waals surface area contributed by atoms with Crippen molar-refractivity contribution in [3.05, 3.63) is 0 Å². The van der Waals surface area contributed by atoms with Crippen LogP contribution in [0.2, 0.25) is 0 Å². The van der Waals surface area contributed by atoms with Gasteiger partial charge in [0.2, 0.25) is 0 Å². The maximum atomic E-state index is 10.9. The fourth-order valence-electron chi connectivity index (χ4n) is 1.60. The van der Waals surface area contributed by atoms with Gasteiger partial charge in [0.05, 0.1) is 26.2 Å². The molecule has 80 valence electrons. The number of nitrogens with zero attached hydrogens (tertiary/aromatic N) is 1. The van der Waals surface area contributed by atoms with E-state index in [1.54, 1.807) is 0 Å². The third-order valence-electron chi connectivity index (χ3n) is 2.27. The summed E-state index contributed by atoms with van der Waals surface area (Å²) >= 11 is 0. The van der Waals surface area contributed by atoms with Crippen molar-refractivity contribution in [2.24, 2.45) is 0 Å². The molecule has 6 nitrogen and oxygen atoms in total. The Balaban J connectivity index is 2.57. The van der Waals surface area contributed by atoms with Crippen molar-refractivity contribution >= 4 is 12.1 Å². The first-order chi connectivity index (χ1) is 6.54. The van der Waals surface area contributed by atoms with Crippen LogP contribution in [-0.4, -0.2) is 53.0 Å². The number of carboxylic acid groups (broad SMARTS) is 1. The molecule has 0 aromatic heterocycles. The van der Waals surface area contributed by atoms with Gasteiger partial charge in [0.15, 0.2) is 0 Å². The van der Waals surface area contributed by atoms with Crippen LogP contribution >= 0.6 is 0 Å². The molecular weight excluding hydrogens is 190 g/mol. The number of amides is 1. The van der Waals surface area contributed by atoms with Crippen LogP contribution in [-0.2, 0) is 9.53 Å². The summed E-state index contributed by atoms with van der Waals surface area (Å²) in [6.45, 7) is 0.0665. The van der Waals surface area contributed by atoms with Crippen LogP contribution in [0.3, 0.4) is 0 Å². The van der Waals surface area contributed by atoms with Crippen LogP contribution in [0.25, 0.3) is 0 Å². The number of methoxy groups -OCH3 is 1. The molecule has 0 radical (unpaired) electrons. The lowest BCUT2D eigenvalue weighted by Crippen LogP contribution is -2.36. The van der Waals surface area contributed by atoms with Gasteiger partial charge in [0, 0.05) is 6.04 Å². The minimum absolute atomic E-state index is 0.000139. The summed E-state index contributed by atoms with van der Waals surface area (Å²) in [5.74, 6) is -0.463. The third kappa shape index (κ3) is 2.35. The van der Waals surface area contributed by atoms with Crippen molar-refractivity contribution in [2.75, 3.05) is 13.7 Å². The average Bonchev–Trinajstić information content (AvgIpc) is 2.46. The van der Waals surface area contributed by atoms with Gasteiger partial charge in [-0.15, -0.1) is 0 Å². The van der Waals surface area contributed by atoms with Gasteiger partial charge in [-0.3, -0.25) is 4.79 Å². The fourth-order valence-corrected chi connectivity index (χ4v) is 1.60. The molecule has 0 spiro atoms. The second kappa shape index (κ2) is 4.28. The average molecular weight is 203 g/mol. The predicted octanol–water partition coefficient (Wildman–Crippen LogP) is -0.337. The van der Waals surface area contributed by atoms with E-state index in [0.29, 0.717) is 6.42 Å². The number of aliphatic hydroxyl groups excluding tert-OH is 1. The van der Waals surface area contributed by atoms with E-state index in [1.165, 1.54) is 7.11 Å². The SMILES string of the molecule is COC(=O)C[C@@H]1C[C@@H](O)CN1C(=O)O. The number of β-amino-alcohol motifs (C(OH)–C–C–N with tert-alkyl or cyclic N) is 1. The zero-order chi connectivity index (χ0) is 10.7. The quantitative estimate of drug-likeness (QED) is 0.599. The number of esters is 1. The molecule has 1 fully saturated rings. The van der Waals surface area contributed by atoms with Crippen LogP contribution in [0.15, 0.2) is 0 Å². The van der Waals surface area contributed by atoms with E-state index in [2.05, 4.69) is 4.74 Å². The smallest absolute Gasteiger partial charge is 0.407 e. The van der Waals surface area contributed by atoms with Gasteiger partial charge < -0.3 is 19.8 Å². The van der Waals surface area contributed by atoms with Crippen LogP contribution in [0.4, 0.5) is 4.79 Å². The number of ether oxygens (including phenoxy) is 1. The normalized spacial score (nSPS) is 26.3. The molecule has 1 aliphatic heterocycles. The first kappa shape index (κ1) is 10.8. The lowest BCUT2D eigenvalue weighted by atomic mass is 10.1. The molecule has 0 bridgehead atoms. The van der Waals surface area contributed by atoms with Crippen molar-refractivity contribution in [3.63, 3.8) is 0 Å². The summed E-state index contributed by atoms with van der Waals surface area (Å²) in [5, 5.41) is 18.0. The van der Waals surface area contributed by atoms with Gasteiger partial charge in [-0.25, -0.2) is 4.79 Å². The first-order valence-corrected chi connectivity index (χ1v) is 4.29. The van der Waals surface area contributed by atoms with E-state index in [9.17, 15) is 14.7 Å². The molecule has 14 heavy (non-hydrogen) atoms. The van der Waals surface area contributed by atoms with Crippen LogP contribution in [0.1, 0.15) is 12.8 Å². The molecule has 0 aromatic rings. The van der Waals surface area contributed by atoms with Gasteiger partial charge in [-0.2, -0.15) is 0 Å². The standard InChI is InChI=1S/C8H13NO5/c1-14-7(11)3-5-2-6(10)4-9(5)8(12)13/h5-6,10H,2-4H2,1H3,(H,12,13)/t5-,6+/m0/s1. The highest BCUT2D eigenvalue weighted by Crippen LogP contribution is 2.20. The fraction of sp³-hybridized carbons (Fsp3) is 0.750. The van der Waals surface area contributed by atoms with E-state index in [1.807, 2.05) is 0 Å². The van der Waals surface area contributed by atoms with Crippen molar-refractivity contribution < 1.29 is 24.5 Å². The lowest BCUT2D eigenvalue weighted by molar-refractivity contribution is -0.141. The Bertz CT molecular complexity index is 242. The maximum Gasteiger partial charge on any atom is 0.407 e. The Kier molecular flexibility index (Phi) is 3.29. The molecular formula is C8H13NO5. The zero-order valence-electron chi connectivity index (χ0n) is 7.84. The number of carbonyl (C=O) groups excluding carboxylic acids is 1. The van der Waals surface area contributed by atoms with Crippen molar-refractivity contribution in [2.45, 2.75) is 25.0 Å². The van der Waals surface area contributed by atoms with E-state index < -0.39 is 24.2 Å². The number of rotatable bonds is 2. The zero-order valence-corrected chi connectivity index (χ0v) is 7.84. The lowest BCUT2D eigenvalue weighted by Gasteiger charge is -2.19. The Labute approximate surface area is 81.1 Å². The Morgan fingerprint density at radius 2 is 2.21 bits per heavy atom. The minimum Gasteiger partial charge on any atom is -0.469 e. The van der Waals surface area contributed by atoms with E-state index in [-0.39, 0.29) is 13.0 Å². The minimum atomic E-state index is -1.12. The summed E-state index contributed by atoms with van der Waals surface area (Å²) < 4.78 is 4.44. The first-order valence-electron chi connectivity index (χ1n) is 4.29. The molecule has 1 aliphatic rings. The van der Waals surface area contributed by atoms with E-state index >= 15 is 0 Å². The van der Waals surface area contributed by atoms with E-state index in [0.717, 1.165) is 4.90 Å². The largest absolute Gasteiger partial charge is 0.469 e. The number of likely N-dealkylation sites (tertiary alicyclic amines) is 1. The van der Waals surface area contributed by atoms with Crippen molar-refractivity contribution in [3.8, 4) is 0 Å². The highest BCUT2D eigenvalue weighted by atomic mass is 16.5. The van der Waals surface area contributed by atoms with Crippen LogP contribution in [0.5, 0.6) is 0 Å². The highest BCUT2D eigenvalue weighted by molar-refractivity contribution is 5.72. The number of aliphatic hydroxyl groups is 1. The molecule has 0 saturated carbocycles. The van der Waals surface area contributed by atoms with Gasteiger partial charge in [0.1, 0.15) is 0 Å². The molecule has 6 heteroatoms. The summed E-state index contributed by atoms with van der Waals surface area (Å²) in [5.41, 5.74) is 0. The molecule has 0 aromatic carbocycles. The Morgan fingerprint density at radius 3 is 2.71 bits per heavy atom. The molecule has 0 aliphatic carbocycles. The molecule has 2 N–H and O–H groups in total. The van der Waals surface area contributed by atoms with Gasteiger partial charge >= 0.3 is 12.1 Å². The second-order valence-electron chi connectivity index (χ2n) is 3.26. The number of carbonyl (C=O) groups is 2.